The van der Waals surface area contributed by atoms with Gasteiger partial charge in [-0.25, -0.2) is 0 Å². The Bertz CT molecular complexity index is 381. The number of ether oxygens (including phenoxy) is 1. The summed E-state index contributed by atoms with van der Waals surface area (Å²) in [6.07, 6.45) is 7.61. The maximum absolute atomic E-state index is 5.32. The molecule has 1 aromatic carbocycles. The van der Waals surface area contributed by atoms with Crippen LogP contribution in [0.4, 0.5) is 0 Å². The van der Waals surface area contributed by atoms with Crippen molar-refractivity contribution >= 4 is 15.9 Å². The van der Waals surface area contributed by atoms with Gasteiger partial charge in [-0.05, 0) is 43.1 Å². The number of methoxy groups -OCH3 is 1. The van der Waals surface area contributed by atoms with E-state index in [1.165, 1.54) is 42.1 Å². The van der Waals surface area contributed by atoms with E-state index < -0.39 is 0 Å². The second-order valence-corrected chi connectivity index (χ2v) is 6.12. The predicted octanol–water partition coefficient (Wildman–Crippen LogP) is 4.95. The molecule has 1 unspecified atom stereocenters. The van der Waals surface area contributed by atoms with Crippen LogP contribution in [0, 0.1) is 0 Å². The highest BCUT2D eigenvalue weighted by Gasteiger charge is 2.11. The maximum atomic E-state index is 5.32. The summed E-state index contributed by atoms with van der Waals surface area (Å²) >= 11 is 3.65. The Morgan fingerprint density at radius 2 is 2.00 bits per heavy atom. The number of hydrogen-bond donors (Lipinski definition) is 1. The molecule has 0 heterocycles. The minimum absolute atomic E-state index is 0.556. The number of hydrogen-bond acceptors (Lipinski definition) is 2. The molecule has 20 heavy (non-hydrogen) atoms. The number of unbranched alkanes of at least 4 members (excludes halogenated alkanes) is 3. The van der Waals surface area contributed by atoms with Crippen molar-refractivity contribution in [1.82, 2.24) is 5.32 Å². The molecule has 0 aliphatic rings. The van der Waals surface area contributed by atoms with E-state index in [-0.39, 0.29) is 0 Å². The van der Waals surface area contributed by atoms with E-state index in [1.807, 2.05) is 6.07 Å². The molecule has 0 saturated heterocycles. The van der Waals surface area contributed by atoms with E-state index in [4.69, 9.17) is 4.74 Å². The average molecular weight is 342 g/mol. The van der Waals surface area contributed by atoms with Crippen LogP contribution in [0.25, 0.3) is 0 Å². The summed E-state index contributed by atoms with van der Waals surface area (Å²) < 4.78 is 6.50. The summed E-state index contributed by atoms with van der Waals surface area (Å²) in [5.74, 6) is 0.935. The zero-order valence-electron chi connectivity index (χ0n) is 13.0. The monoisotopic (exact) mass is 341 g/mol. The van der Waals surface area contributed by atoms with Gasteiger partial charge in [-0.15, -0.1) is 0 Å². The van der Waals surface area contributed by atoms with Crippen LogP contribution in [0.5, 0.6) is 5.75 Å². The molecular weight excluding hydrogens is 314 g/mol. The lowest BCUT2D eigenvalue weighted by molar-refractivity contribution is 0.413. The molecule has 0 amide bonds. The Morgan fingerprint density at radius 1 is 1.20 bits per heavy atom. The van der Waals surface area contributed by atoms with Crippen LogP contribution in [-0.2, 0) is 6.42 Å². The van der Waals surface area contributed by atoms with Gasteiger partial charge in [-0.2, -0.15) is 0 Å². The molecule has 1 N–H and O–H groups in total. The van der Waals surface area contributed by atoms with Crippen molar-refractivity contribution in [3.05, 3.63) is 28.2 Å². The van der Waals surface area contributed by atoms with E-state index in [1.54, 1.807) is 7.11 Å². The van der Waals surface area contributed by atoms with Gasteiger partial charge in [0.1, 0.15) is 5.75 Å². The van der Waals surface area contributed by atoms with Gasteiger partial charge >= 0.3 is 0 Å². The van der Waals surface area contributed by atoms with Crippen molar-refractivity contribution in [2.75, 3.05) is 13.7 Å². The zero-order valence-corrected chi connectivity index (χ0v) is 14.6. The molecular formula is C17H28BrNO. The zero-order chi connectivity index (χ0) is 14.8. The van der Waals surface area contributed by atoms with Crippen LogP contribution >= 0.6 is 15.9 Å². The van der Waals surface area contributed by atoms with E-state index in [0.29, 0.717) is 6.04 Å². The van der Waals surface area contributed by atoms with Crippen LogP contribution in [-0.4, -0.2) is 19.7 Å². The fourth-order valence-electron chi connectivity index (χ4n) is 2.48. The summed E-state index contributed by atoms with van der Waals surface area (Å²) in [6.45, 7) is 5.47. The number of nitrogens with one attached hydrogen (secondary N) is 1. The molecule has 1 rings (SSSR count). The lowest BCUT2D eigenvalue weighted by Gasteiger charge is -2.19. The van der Waals surface area contributed by atoms with Crippen molar-refractivity contribution in [3.8, 4) is 5.75 Å². The normalized spacial score (nSPS) is 12.4. The molecule has 1 aromatic rings. The van der Waals surface area contributed by atoms with Gasteiger partial charge in [-0.1, -0.05) is 55.5 Å². The molecule has 0 radical (unpaired) electrons. The summed E-state index contributed by atoms with van der Waals surface area (Å²) in [5, 5.41) is 3.61. The van der Waals surface area contributed by atoms with Gasteiger partial charge in [0.15, 0.2) is 0 Å². The van der Waals surface area contributed by atoms with Crippen molar-refractivity contribution in [2.24, 2.45) is 0 Å². The first-order valence-corrected chi connectivity index (χ1v) is 8.56. The molecule has 0 fully saturated rings. The van der Waals surface area contributed by atoms with Gasteiger partial charge in [0.2, 0.25) is 0 Å². The van der Waals surface area contributed by atoms with Crippen molar-refractivity contribution in [2.45, 2.75) is 58.4 Å². The highest BCUT2D eigenvalue weighted by molar-refractivity contribution is 9.10. The average Bonchev–Trinajstić information content (AvgIpc) is 2.46. The molecule has 0 bridgehead atoms. The summed E-state index contributed by atoms with van der Waals surface area (Å²) in [4.78, 5) is 0. The minimum Gasteiger partial charge on any atom is -0.497 e. The third-order valence-electron chi connectivity index (χ3n) is 3.62. The Kier molecular flexibility index (Phi) is 8.95. The Balaban J connectivity index is 2.59. The van der Waals surface area contributed by atoms with Gasteiger partial charge in [0.05, 0.1) is 7.11 Å². The molecule has 0 aliphatic heterocycles. The van der Waals surface area contributed by atoms with E-state index in [2.05, 4.69) is 47.2 Å². The molecule has 3 heteroatoms. The topological polar surface area (TPSA) is 21.3 Å². The smallest absolute Gasteiger partial charge is 0.119 e. The summed E-state index contributed by atoms with van der Waals surface area (Å²) in [7, 11) is 1.72. The number of likely N-dealkylation sites (N-methyl/N-ethyl adjacent to an activating group) is 1. The fraction of sp³-hybridized carbons (Fsp3) is 0.647. The third-order valence-corrected chi connectivity index (χ3v) is 4.39. The number of rotatable bonds is 10. The van der Waals surface area contributed by atoms with Crippen LogP contribution in [0.2, 0.25) is 0 Å². The van der Waals surface area contributed by atoms with E-state index >= 15 is 0 Å². The summed E-state index contributed by atoms with van der Waals surface area (Å²) in [6, 6.07) is 6.77. The van der Waals surface area contributed by atoms with Crippen LogP contribution < -0.4 is 10.1 Å². The molecule has 0 aromatic heterocycles. The van der Waals surface area contributed by atoms with Crippen molar-refractivity contribution < 1.29 is 4.74 Å². The second kappa shape index (κ2) is 10.2. The van der Waals surface area contributed by atoms with Gasteiger partial charge in [-0.3, -0.25) is 0 Å². The standard InChI is InChI=1S/C17H28BrNO/c1-4-6-7-8-9-15(19-5-2)12-14-13-16(20-3)10-11-17(14)18/h10-11,13,15,19H,4-9,12H2,1-3H3. The largest absolute Gasteiger partial charge is 0.497 e. The first kappa shape index (κ1) is 17.5. The van der Waals surface area contributed by atoms with Gasteiger partial charge in [0, 0.05) is 10.5 Å². The number of halogens is 1. The van der Waals surface area contributed by atoms with Crippen LogP contribution in [0.1, 0.15) is 51.5 Å². The lowest BCUT2D eigenvalue weighted by Crippen LogP contribution is -2.31. The molecule has 0 aliphatic carbocycles. The third kappa shape index (κ3) is 6.27. The second-order valence-electron chi connectivity index (χ2n) is 5.27. The molecule has 2 nitrogen and oxygen atoms in total. The summed E-state index contributed by atoms with van der Waals surface area (Å²) in [5.41, 5.74) is 1.32. The maximum Gasteiger partial charge on any atom is 0.119 e. The van der Waals surface area contributed by atoms with E-state index in [0.717, 1.165) is 18.7 Å². The highest BCUT2D eigenvalue weighted by atomic mass is 79.9. The van der Waals surface area contributed by atoms with Gasteiger partial charge in [0.25, 0.3) is 0 Å². The molecule has 0 spiro atoms. The Morgan fingerprint density at radius 3 is 2.65 bits per heavy atom. The van der Waals surface area contributed by atoms with Crippen molar-refractivity contribution in [1.29, 1.82) is 0 Å². The lowest BCUT2D eigenvalue weighted by atomic mass is 10.00. The Labute approximate surface area is 132 Å². The molecule has 114 valence electrons. The van der Waals surface area contributed by atoms with Crippen LogP contribution in [0.3, 0.4) is 0 Å². The predicted molar refractivity (Wildman–Crippen MR) is 90.6 cm³/mol. The fourth-order valence-corrected chi connectivity index (χ4v) is 2.89. The minimum atomic E-state index is 0.556. The van der Waals surface area contributed by atoms with Gasteiger partial charge < -0.3 is 10.1 Å². The van der Waals surface area contributed by atoms with E-state index in [9.17, 15) is 0 Å². The Hall–Kier alpha value is -0.540. The quantitative estimate of drug-likeness (QED) is 0.608. The molecule has 1 atom stereocenters. The highest BCUT2D eigenvalue weighted by Crippen LogP contribution is 2.24. The molecule has 0 saturated carbocycles. The SMILES string of the molecule is CCCCCCC(Cc1cc(OC)ccc1Br)NCC. The first-order chi connectivity index (χ1) is 9.71. The van der Waals surface area contributed by atoms with Crippen LogP contribution in [0.15, 0.2) is 22.7 Å². The number of benzene rings is 1. The first-order valence-electron chi connectivity index (χ1n) is 7.77. The van der Waals surface area contributed by atoms with Crippen molar-refractivity contribution in [3.63, 3.8) is 0 Å².